The van der Waals surface area contributed by atoms with E-state index in [0.29, 0.717) is 6.42 Å². The van der Waals surface area contributed by atoms with Gasteiger partial charge in [0.2, 0.25) is 5.91 Å². The lowest BCUT2D eigenvalue weighted by molar-refractivity contribution is -0.138. The number of ether oxygens (including phenoxy) is 1. The second-order valence-electron chi connectivity index (χ2n) is 10.2. The van der Waals surface area contributed by atoms with Crippen LogP contribution >= 0.6 is 0 Å². The highest BCUT2D eigenvalue weighted by molar-refractivity contribution is 5.86. The van der Waals surface area contributed by atoms with Gasteiger partial charge >= 0.3 is 12.1 Å². The van der Waals surface area contributed by atoms with Crippen molar-refractivity contribution < 1.29 is 24.2 Å². The minimum absolute atomic E-state index is 0.0723. The van der Waals surface area contributed by atoms with E-state index < -0.39 is 35.5 Å². The largest absolute Gasteiger partial charge is 0.481 e. The third-order valence-corrected chi connectivity index (χ3v) is 6.54. The number of alkyl carbamates (subject to hydrolysis) is 1. The first kappa shape index (κ1) is 26.3. The Hall–Kier alpha value is -3.35. The fourth-order valence-electron chi connectivity index (χ4n) is 4.48. The average molecular weight is 481 g/mol. The summed E-state index contributed by atoms with van der Waals surface area (Å²) in [5.74, 6) is -1.45. The number of benzene rings is 2. The fraction of sp³-hybridized carbons (Fsp3) is 0.464. The van der Waals surface area contributed by atoms with Crippen LogP contribution in [0.5, 0.6) is 0 Å². The number of hydrogen-bond acceptors (Lipinski definition) is 4. The minimum atomic E-state index is -0.986. The number of amides is 2. The third kappa shape index (κ3) is 6.62. The Morgan fingerprint density at radius 2 is 1.54 bits per heavy atom. The molecule has 2 atom stereocenters. The third-order valence-electron chi connectivity index (χ3n) is 6.54. The molecule has 7 heteroatoms. The van der Waals surface area contributed by atoms with Crippen molar-refractivity contribution in [3.63, 3.8) is 0 Å². The van der Waals surface area contributed by atoms with Gasteiger partial charge < -0.3 is 20.5 Å². The maximum atomic E-state index is 13.0. The van der Waals surface area contributed by atoms with E-state index in [2.05, 4.69) is 22.8 Å². The van der Waals surface area contributed by atoms with Crippen LogP contribution in [0.15, 0.2) is 48.5 Å². The SMILES string of the molecule is CCCC[C@H](NC(=O)OCC1c2ccccc2-c2ccccc21)C(=O)NC(CC(=O)O)C(C)(C)C. The van der Waals surface area contributed by atoms with Gasteiger partial charge in [-0.05, 0) is 34.1 Å². The first-order chi connectivity index (χ1) is 16.6. The average Bonchev–Trinajstić information content (AvgIpc) is 3.12. The van der Waals surface area contributed by atoms with Crippen LogP contribution in [-0.4, -0.2) is 41.8 Å². The molecule has 0 heterocycles. The number of carboxylic acid groups (broad SMARTS) is 1. The molecule has 1 aliphatic carbocycles. The lowest BCUT2D eigenvalue weighted by atomic mass is 9.84. The van der Waals surface area contributed by atoms with E-state index in [0.717, 1.165) is 35.1 Å². The van der Waals surface area contributed by atoms with Crippen molar-refractivity contribution in [1.29, 1.82) is 0 Å². The first-order valence-electron chi connectivity index (χ1n) is 12.3. The van der Waals surface area contributed by atoms with Crippen LogP contribution in [0.3, 0.4) is 0 Å². The molecule has 35 heavy (non-hydrogen) atoms. The van der Waals surface area contributed by atoms with Gasteiger partial charge in [0.1, 0.15) is 12.6 Å². The number of carboxylic acids is 1. The zero-order valence-corrected chi connectivity index (χ0v) is 21.0. The Balaban J connectivity index is 1.67. The number of hydrogen-bond donors (Lipinski definition) is 3. The quantitative estimate of drug-likeness (QED) is 0.439. The molecular formula is C28H36N2O5. The van der Waals surface area contributed by atoms with Gasteiger partial charge in [-0.15, -0.1) is 0 Å². The van der Waals surface area contributed by atoms with E-state index in [1.807, 2.05) is 64.1 Å². The molecule has 0 saturated carbocycles. The van der Waals surface area contributed by atoms with Crippen LogP contribution in [0, 0.1) is 5.41 Å². The second kappa shape index (κ2) is 11.4. The summed E-state index contributed by atoms with van der Waals surface area (Å²) in [5.41, 5.74) is 4.06. The van der Waals surface area contributed by atoms with Gasteiger partial charge in [0.25, 0.3) is 0 Å². The molecule has 2 amide bonds. The van der Waals surface area contributed by atoms with Crippen molar-refractivity contribution in [2.24, 2.45) is 5.41 Å². The van der Waals surface area contributed by atoms with Crippen LogP contribution in [-0.2, 0) is 14.3 Å². The van der Waals surface area contributed by atoms with E-state index in [9.17, 15) is 19.5 Å². The van der Waals surface area contributed by atoms with Crippen LogP contribution in [0.25, 0.3) is 11.1 Å². The molecule has 1 aliphatic rings. The normalized spacial score (nSPS) is 14.4. The van der Waals surface area contributed by atoms with Crippen molar-refractivity contribution in [2.75, 3.05) is 6.61 Å². The van der Waals surface area contributed by atoms with Crippen molar-refractivity contribution in [2.45, 2.75) is 71.4 Å². The number of nitrogens with one attached hydrogen (secondary N) is 2. The predicted molar refractivity (Wildman–Crippen MR) is 135 cm³/mol. The van der Waals surface area contributed by atoms with Crippen molar-refractivity contribution in [3.05, 3.63) is 59.7 Å². The Kier molecular flexibility index (Phi) is 8.54. The maximum Gasteiger partial charge on any atom is 0.407 e. The van der Waals surface area contributed by atoms with E-state index in [-0.39, 0.29) is 18.9 Å². The standard InChI is InChI=1S/C28H36N2O5/c1-5-6-15-23(26(33)30-24(16-25(31)32)28(2,3)4)29-27(34)35-17-22-20-13-9-7-11-18(20)19-12-8-10-14-21(19)22/h7-14,22-24H,5-6,15-17H2,1-4H3,(H,29,34)(H,30,33)(H,31,32)/t23-,24?/m0/s1. The monoisotopic (exact) mass is 480 g/mol. The van der Waals surface area contributed by atoms with E-state index in [1.165, 1.54) is 0 Å². The van der Waals surface area contributed by atoms with Gasteiger partial charge in [0.05, 0.1) is 6.42 Å². The lowest BCUT2D eigenvalue weighted by Gasteiger charge is -2.32. The minimum Gasteiger partial charge on any atom is -0.481 e. The summed E-state index contributed by atoms with van der Waals surface area (Å²) in [5, 5.41) is 14.8. The molecule has 2 aromatic carbocycles. The molecule has 1 unspecified atom stereocenters. The second-order valence-corrected chi connectivity index (χ2v) is 10.2. The topological polar surface area (TPSA) is 105 Å². The molecule has 188 valence electrons. The van der Waals surface area contributed by atoms with Gasteiger partial charge in [-0.2, -0.15) is 0 Å². The van der Waals surface area contributed by atoms with E-state index in [1.54, 1.807) is 0 Å². The molecule has 0 aromatic heterocycles. The number of carbonyl (C=O) groups excluding carboxylic acids is 2. The number of unbranched alkanes of at least 4 members (excludes halogenated alkanes) is 1. The molecule has 0 bridgehead atoms. The predicted octanol–water partition coefficient (Wildman–Crippen LogP) is 5.09. The van der Waals surface area contributed by atoms with Gasteiger partial charge in [-0.25, -0.2) is 4.79 Å². The van der Waals surface area contributed by atoms with Gasteiger partial charge in [0, 0.05) is 12.0 Å². The van der Waals surface area contributed by atoms with Crippen molar-refractivity contribution in [3.8, 4) is 11.1 Å². The molecule has 3 N–H and O–H groups in total. The molecule has 2 aromatic rings. The Bertz CT molecular complexity index is 1010. The van der Waals surface area contributed by atoms with E-state index in [4.69, 9.17) is 4.74 Å². The summed E-state index contributed by atoms with van der Waals surface area (Å²) in [7, 11) is 0. The highest BCUT2D eigenvalue weighted by atomic mass is 16.5. The molecule has 0 radical (unpaired) electrons. The maximum absolute atomic E-state index is 13.0. The lowest BCUT2D eigenvalue weighted by Crippen LogP contribution is -2.53. The summed E-state index contributed by atoms with van der Waals surface area (Å²) >= 11 is 0. The van der Waals surface area contributed by atoms with E-state index >= 15 is 0 Å². The molecule has 0 aliphatic heterocycles. The number of aliphatic carboxylic acids is 1. The molecule has 0 fully saturated rings. The summed E-state index contributed by atoms with van der Waals surface area (Å²) in [6, 6.07) is 14.8. The molecule has 0 spiro atoms. The van der Waals surface area contributed by atoms with Crippen LogP contribution < -0.4 is 10.6 Å². The zero-order valence-electron chi connectivity index (χ0n) is 21.0. The van der Waals surface area contributed by atoms with Gasteiger partial charge in [-0.1, -0.05) is 89.1 Å². The summed E-state index contributed by atoms with van der Waals surface area (Å²) in [6.07, 6.45) is 1.18. The van der Waals surface area contributed by atoms with Gasteiger partial charge in [0.15, 0.2) is 0 Å². The number of rotatable bonds is 10. The summed E-state index contributed by atoms with van der Waals surface area (Å²) in [6.45, 7) is 7.79. The number of fused-ring (bicyclic) bond motifs is 3. The summed E-state index contributed by atoms with van der Waals surface area (Å²) < 4.78 is 5.61. The molecule has 7 nitrogen and oxygen atoms in total. The van der Waals surface area contributed by atoms with Crippen LogP contribution in [0.1, 0.15) is 70.4 Å². The Labute approximate surface area is 207 Å². The van der Waals surface area contributed by atoms with Crippen LogP contribution in [0.4, 0.5) is 4.79 Å². The highest BCUT2D eigenvalue weighted by Crippen LogP contribution is 2.44. The van der Waals surface area contributed by atoms with Crippen LogP contribution in [0.2, 0.25) is 0 Å². The Morgan fingerprint density at radius 3 is 2.06 bits per heavy atom. The first-order valence-corrected chi connectivity index (χ1v) is 12.3. The molecule has 0 saturated heterocycles. The molecular weight excluding hydrogens is 444 g/mol. The highest BCUT2D eigenvalue weighted by Gasteiger charge is 2.32. The Morgan fingerprint density at radius 1 is 0.971 bits per heavy atom. The fourth-order valence-corrected chi connectivity index (χ4v) is 4.48. The smallest absolute Gasteiger partial charge is 0.407 e. The summed E-state index contributed by atoms with van der Waals surface area (Å²) in [4.78, 5) is 37.1. The van der Waals surface area contributed by atoms with Crippen molar-refractivity contribution >= 4 is 18.0 Å². The number of carbonyl (C=O) groups is 3. The molecule has 3 rings (SSSR count). The zero-order chi connectivity index (χ0) is 25.6. The van der Waals surface area contributed by atoms with Crippen molar-refractivity contribution in [1.82, 2.24) is 10.6 Å². The van der Waals surface area contributed by atoms with Gasteiger partial charge in [-0.3, -0.25) is 9.59 Å².